The molecular formula is C10H21NO3S. The van der Waals surface area contributed by atoms with Gasteiger partial charge >= 0.3 is 0 Å². The molecule has 0 saturated carbocycles. The van der Waals surface area contributed by atoms with Crippen LogP contribution in [0.15, 0.2) is 0 Å². The molecule has 1 saturated heterocycles. The first-order valence-corrected chi connectivity index (χ1v) is 7.05. The normalized spacial score (nSPS) is 19.9. The average molecular weight is 235 g/mol. The van der Waals surface area contributed by atoms with E-state index >= 15 is 0 Å². The van der Waals surface area contributed by atoms with Crippen molar-refractivity contribution in [2.75, 3.05) is 44.4 Å². The summed E-state index contributed by atoms with van der Waals surface area (Å²) in [6, 6.07) is 0. The van der Waals surface area contributed by atoms with Crippen molar-refractivity contribution in [3.63, 3.8) is 0 Å². The number of ether oxygens (including phenoxy) is 2. The van der Waals surface area contributed by atoms with Crippen molar-refractivity contribution in [2.45, 2.75) is 20.1 Å². The molecule has 1 fully saturated rings. The molecule has 15 heavy (non-hydrogen) atoms. The highest BCUT2D eigenvalue weighted by Crippen LogP contribution is 2.04. The molecule has 1 rings (SSSR count). The fraction of sp³-hybridized carbons (Fsp3) is 1.00. The quantitative estimate of drug-likeness (QED) is 0.627. The van der Waals surface area contributed by atoms with Crippen molar-refractivity contribution < 1.29 is 13.7 Å². The maximum absolute atomic E-state index is 11.2. The molecule has 0 unspecified atom stereocenters. The Morgan fingerprint density at radius 3 is 2.20 bits per heavy atom. The fourth-order valence-corrected chi connectivity index (χ4v) is 2.72. The molecule has 0 spiro atoms. The molecule has 90 valence electrons. The molecule has 1 aliphatic rings. The second-order valence-corrected chi connectivity index (χ2v) is 5.19. The van der Waals surface area contributed by atoms with Gasteiger partial charge in [0.05, 0.1) is 0 Å². The fourth-order valence-electron chi connectivity index (χ4n) is 1.59. The van der Waals surface area contributed by atoms with Crippen molar-refractivity contribution in [2.24, 2.45) is 0 Å². The van der Waals surface area contributed by atoms with Crippen LogP contribution in [0.2, 0.25) is 0 Å². The van der Waals surface area contributed by atoms with Crippen LogP contribution in [-0.2, 0) is 20.3 Å². The van der Waals surface area contributed by atoms with E-state index in [2.05, 4.69) is 4.90 Å². The van der Waals surface area contributed by atoms with E-state index in [0.717, 1.165) is 31.1 Å². The van der Waals surface area contributed by atoms with Gasteiger partial charge in [0, 0.05) is 55.2 Å². The Morgan fingerprint density at radius 2 is 1.73 bits per heavy atom. The summed E-state index contributed by atoms with van der Waals surface area (Å²) in [6.07, 6.45) is -0.133. The lowest BCUT2D eigenvalue weighted by Crippen LogP contribution is -2.43. The molecule has 4 nitrogen and oxygen atoms in total. The van der Waals surface area contributed by atoms with Crippen LogP contribution < -0.4 is 0 Å². The van der Waals surface area contributed by atoms with Crippen LogP contribution in [0.5, 0.6) is 0 Å². The molecule has 0 aromatic heterocycles. The Bertz CT molecular complexity index is 185. The lowest BCUT2D eigenvalue weighted by Gasteiger charge is -2.29. The summed E-state index contributed by atoms with van der Waals surface area (Å²) in [5.74, 6) is 1.57. The van der Waals surface area contributed by atoms with Crippen LogP contribution in [-0.4, -0.2) is 59.8 Å². The average Bonchev–Trinajstić information content (AvgIpc) is 2.22. The van der Waals surface area contributed by atoms with Crippen LogP contribution in [0.1, 0.15) is 13.8 Å². The molecule has 5 heteroatoms. The predicted molar refractivity (Wildman–Crippen MR) is 61.4 cm³/mol. The van der Waals surface area contributed by atoms with Crippen molar-refractivity contribution >= 4 is 10.8 Å². The molecule has 1 heterocycles. The zero-order valence-corrected chi connectivity index (χ0v) is 10.4. The molecular weight excluding hydrogens is 214 g/mol. The summed E-state index contributed by atoms with van der Waals surface area (Å²) < 4.78 is 22.1. The van der Waals surface area contributed by atoms with E-state index in [1.54, 1.807) is 0 Å². The number of hydrogen-bond acceptors (Lipinski definition) is 4. The van der Waals surface area contributed by atoms with E-state index in [4.69, 9.17) is 9.47 Å². The van der Waals surface area contributed by atoms with E-state index in [9.17, 15) is 4.21 Å². The summed E-state index contributed by atoms with van der Waals surface area (Å²) in [7, 11) is -0.607. The van der Waals surface area contributed by atoms with Gasteiger partial charge in [0.15, 0.2) is 6.29 Å². The minimum Gasteiger partial charge on any atom is -0.352 e. The molecule has 0 aromatic rings. The molecule has 0 aromatic carbocycles. The van der Waals surface area contributed by atoms with E-state index in [1.807, 2.05) is 13.8 Å². The van der Waals surface area contributed by atoms with Gasteiger partial charge in [-0.1, -0.05) is 0 Å². The van der Waals surface area contributed by atoms with Gasteiger partial charge in [-0.05, 0) is 13.8 Å². The Hall–Kier alpha value is 0.0300. The third-order valence-corrected chi connectivity index (χ3v) is 3.66. The van der Waals surface area contributed by atoms with Crippen LogP contribution in [0, 0.1) is 0 Å². The van der Waals surface area contributed by atoms with Crippen molar-refractivity contribution in [1.29, 1.82) is 0 Å². The van der Waals surface area contributed by atoms with E-state index in [0.29, 0.717) is 13.2 Å². The summed E-state index contributed by atoms with van der Waals surface area (Å²) in [4.78, 5) is 2.26. The predicted octanol–water partition coefficient (Wildman–Crippen LogP) is 0.450. The molecule has 1 aliphatic heterocycles. The van der Waals surface area contributed by atoms with Crippen molar-refractivity contribution in [1.82, 2.24) is 4.90 Å². The first-order chi connectivity index (χ1) is 7.26. The van der Waals surface area contributed by atoms with Gasteiger partial charge in [0.2, 0.25) is 0 Å². The summed E-state index contributed by atoms with van der Waals surface area (Å²) in [6.45, 7) is 7.86. The lowest BCUT2D eigenvalue weighted by atomic mass is 10.4. The third kappa shape index (κ3) is 5.06. The molecule has 0 aliphatic carbocycles. The van der Waals surface area contributed by atoms with Gasteiger partial charge < -0.3 is 9.47 Å². The van der Waals surface area contributed by atoms with Crippen molar-refractivity contribution in [3.05, 3.63) is 0 Å². The zero-order chi connectivity index (χ0) is 11.1. The van der Waals surface area contributed by atoms with Gasteiger partial charge in [-0.15, -0.1) is 0 Å². The maximum atomic E-state index is 11.2. The summed E-state index contributed by atoms with van der Waals surface area (Å²) in [5.41, 5.74) is 0. The highest BCUT2D eigenvalue weighted by atomic mass is 32.2. The first kappa shape index (κ1) is 13.1. The summed E-state index contributed by atoms with van der Waals surface area (Å²) in [5, 5.41) is 0. The van der Waals surface area contributed by atoms with Crippen molar-refractivity contribution in [3.8, 4) is 0 Å². The second-order valence-electron chi connectivity index (χ2n) is 3.49. The smallest absolute Gasteiger partial charge is 0.170 e. The highest BCUT2D eigenvalue weighted by molar-refractivity contribution is 7.85. The van der Waals surface area contributed by atoms with Gasteiger partial charge in [-0.25, -0.2) is 0 Å². The lowest BCUT2D eigenvalue weighted by molar-refractivity contribution is -0.146. The Labute approximate surface area is 94.4 Å². The third-order valence-electron chi connectivity index (χ3n) is 2.38. The summed E-state index contributed by atoms with van der Waals surface area (Å²) >= 11 is 0. The van der Waals surface area contributed by atoms with E-state index in [1.165, 1.54) is 0 Å². The molecule has 0 bridgehead atoms. The largest absolute Gasteiger partial charge is 0.352 e. The van der Waals surface area contributed by atoms with Gasteiger partial charge in [-0.3, -0.25) is 9.11 Å². The number of hydrogen-bond donors (Lipinski definition) is 0. The van der Waals surface area contributed by atoms with Crippen LogP contribution in [0.25, 0.3) is 0 Å². The Balaban J connectivity index is 2.27. The SMILES string of the molecule is CCOC(CN1CCS(=O)CC1)OCC. The van der Waals surface area contributed by atoms with Crippen LogP contribution >= 0.6 is 0 Å². The molecule has 0 N–H and O–H groups in total. The number of rotatable bonds is 6. The minimum absolute atomic E-state index is 0.133. The second kappa shape index (κ2) is 7.33. The molecule has 0 amide bonds. The van der Waals surface area contributed by atoms with Crippen LogP contribution in [0.4, 0.5) is 0 Å². The zero-order valence-electron chi connectivity index (χ0n) is 9.61. The Morgan fingerprint density at radius 1 is 1.20 bits per heavy atom. The monoisotopic (exact) mass is 235 g/mol. The maximum Gasteiger partial charge on any atom is 0.170 e. The van der Waals surface area contributed by atoms with Gasteiger partial charge in [-0.2, -0.15) is 0 Å². The molecule has 0 atom stereocenters. The van der Waals surface area contributed by atoms with E-state index in [-0.39, 0.29) is 6.29 Å². The minimum atomic E-state index is -0.607. The number of nitrogens with zero attached hydrogens (tertiary/aromatic N) is 1. The Kier molecular flexibility index (Phi) is 6.40. The van der Waals surface area contributed by atoms with Crippen LogP contribution in [0.3, 0.4) is 0 Å². The van der Waals surface area contributed by atoms with E-state index < -0.39 is 10.8 Å². The molecule has 0 radical (unpaired) electrons. The topological polar surface area (TPSA) is 38.8 Å². The first-order valence-electron chi connectivity index (χ1n) is 5.56. The van der Waals surface area contributed by atoms with Gasteiger partial charge in [0.1, 0.15) is 0 Å². The highest BCUT2D eigenvalue weighted by Gasteiger charge is 2.19. The standard InChI is InChI=1S/C10H21NO3S/c1-3-13-10(14-4-2)9-11-5-7-15(12)8-6-11/h10H,3-9H2,1-2H3. The van der Waals surface area contributed by atoms with Gasteiger partial charge in [0.25, 0.3) is 0 Å².